The number of hydrogen-bond acceptors (Lipinski definition) is 5. The van der Waals surface area contributed by atoms with E-state index in [2.05, 4.69) is 10.6 Å². The van der Waals surface area contributed by atoms with Gasteiger partial charge in [-0.25, -0.2) is 4.90 Å². The van der Waals surface area contributed by atoms with Crippen molar-refractivity contribution in [2.45, 2.75) is 23.5 Å². The number of anilines is 2. The Morgan fingerprint density at radius 3 is 2.37 bits per heavy atom. The van der Waals surface area contributed by atoms with Gasteiger partial charge in [-0.2, -0.15) is 0 Å². The third-order valence-corrected chi connectivity index (χ3v) is 8.26. The van der Waals surface area contributed by atoms with E-state index in [1.807, 2.05) is 31.2 Å². The molecule has 5 rings (SSSR count). The van der Waals surface area contributed by atoms with E-state index in [9.17, 15) is 19.2 Å². The van der Waals surface area contributed by atoms with E-state index in [4.69, 9.17) is 23.2 Å². The Morgan fingerprint density at radius 1 is 0.907 bits per heavy atom. The van der Waals surface area contributed by atoms with Crippen LogP contribution in [0.15, 0.2) is 108 Å². The number of nitrogens with one attached hydrogen (secondary N) is 2. The minimum atomic E-state index is -0.674. The van der Waals surface area contributed by atoms with Gasteiger partial charge in [0.1, 0.15) is 5.70 Å². The maximum absolute atomic E-state index is 13.4. The molecule has 0 aromatic heterocycles. The monoisotopic (exact) mass is 629 g/mol. The molecule has 1 atom stereocenters. The number of carbonyl (C=O) groups excluding carboxylic acids is 4. The summed E-state index contributed by atoms with van der Waals surface area (Å²) >= 11 is 13.4. The highest BCUT2D eigenvalue weighted by atomic mass is 35.5. The topological polar surface area (TPSA) is 95.6 Å². The Balaban J connectivity index is 1.33. The quantitative estimate of drug-likeness (QED) is 0.160. The summed E-state index contributed by atoms with van der Waals surface area (Å²) in [5, 5.41) is 5.49. The van der Waals surface area contributed by atoms with Crippen LogP contribution in [0, 0.1) is 6.92 Å². The van der Waals surface area contributed by atoms with Gasteiger partial charge < -0.3 is 10.6 Å². The minimum Gasteiger partial charge on any atom is -0.321 e. The number of imide groups is 1. The minimum absolute atomic E-state index is 0.00596. The fraction of sp³-hybridized carbons (Fsp3) is 0.0909. The van der Waals surface area contributed by atoms with E-state index >= 15 is 0 Å². The molecule has 216 valence electrons. The summed E-state index contributed by atoms with van der Waals surface area (Å²) in [5.41, 5.74) is 3.01. The van der Waals surface area contributed by atoms with Gasteiger partial charge in [-0.05, 0) is 67.1 Å². The van der Waals surface area contributed by atoms with Crippen LogP contribution >= 0.6 is 35.0 Å². The maximum atomic E-state index is 13.4. The Morgan fingerprint density at radius 2 is 1.65 bits per heavy atom. The second kappa shape index (κ2) is 13.3. The second-order valence-corrected chi connectivity index (χ2v) is 11.9. The van der Waals surface area contributed by atoms with E-state index in [0.29, 0.717) is 21.2 Å². The first-order valence-electron chi connectivity index (χ1n) is 13.2. The summed E-state index contributed by atoms with van der Waals surface area (Å²) in [4.78, 5) is 54.1. The zero-order valence-corrected chi connectivity index (χ0v) is 25.2. The van der Waals surface area contributed by atoms with Gasteiger partial charge in [0.05, 0.1) is 16.0 Å². The summed E-state index contributed by atoms with van der Waals surface area (Å²) in [7, 11) is 0. The molecule has 1 heterocycles. The molecular weight excluding hydrogens is 605 g/mol. The number of thioether (sulfide) groups is 1. The molecule has 1 fully saturated rings. The van der Waals surface area contributed by atoms with Gasteiger partial charge in [0.25, 0.3) is 11.8 Å². The van der Waals surface area contributed by atoms with Gasteiger partial charge >= 0.3 is 0 Å². The van der Waals surface area contributed by atoms with Gasteiger partial charge in [-0.1, -0.05) is 77.3 Å². The number of rotatable bonds is 8. The third kappa shape index (κ3) is 7.35. The summed E-state index contributed by atoms with van der Waals surface area (Å²) < 4.78 is 0. The van der Waals surface area contributed by atoms with Crippen LogP contribution in [0.3, 0.4) is 0 Å². The predicted molar refractivity (Wildman–Crippen MR) is 171 cm³/mol. The highest BCUT2D eigenvalue weighted by Gasteiger charge is 2.41. The fourth-order valence-corrected chi connectivity index (χ4v) is 6.00. The highest BCUT2D eigenvalue weighted by molar-refractivity contribution is 8.00. The molecule has 1 aliphatic rings. The molecule has 4 aromatic rings. The number of amides is 4. The molecule has 43 heavy (non-hydrogen) atoms. The normalized spacial score (nSPS) is 15.0. The molecule has 4 aromatic carbocycles. The molecule has 10 heteroatoms. The number of halogens is 2. The summed E-state index contributed by atoms with van der Waals surface area (Å²) in [6.45, 7) is 1.96. The van der Waals surface area contributed by atoms with Crippen molar-refractivity contribution in [1.29, 1.82) is 0 Å². The lowest BCUT2D eigenvalue weighted by Crippen LogP contribution is -2.31. The van der Waals surface area contributed by atoms with Gasteiger partial charge in [-0.3, -0.25) is 19.2 Å². The molecular formula is C33H25Cl2N3O4S. The molecule has 0 radical (unpaired) electrons. The van der Waals surface area contributed by atoms with Crippen LogP contribution in [-0.2, 0) is 14.4 Å². The second-order valence-electron chi connectivity index (χ2n) is 9.74. The molecule has 0 saturated carbocycles. The molecule has 0 unspecified atom stereocenters. The number of nitrogens with zero attached hydrogens (tertiary/aromatic N) is 1. The van der Waals surface area contributed by atoms with E-state index in [1.54, 1.807) is 72.8 Å². The lowest BCUT2D eigenvalue weighted by Gasteiger charge is -2.16. The Bertz CT molecular complexity index is 1740. The van der Waals surface area contributed by atoms with Crippen LogP contribution in [0.4, 0.5) is 11.4 Å². The molecule has 2 N–H and O–H groups in total. The van der Waals surface area contributed by atoms with Crippen LogP contribution in [0.2, 0.25) is 10.0 Å². The van der Waals surface area contributed by atoms with Gasteiger partial charge in [-0.15, -0.1) is 11.8 Å². The van der Waals surface area contributed by atoms with Crippen molar-refractivity contribution >= 4 is 76.0 Å². The zero-order chi connectivity index (χ0) is 30.5. The van der Waals surface area contributed by atoms with E-state index in [0.717, 1.165) is 16.0 Å². The summed E-state index contributed by atoms with van der Waals surface area (Å²) in [5.74, 6) is -1.70. The standard InChI is InChI=1S/C33H25Cl2N3O4S/c1-20-10-12-21(13-11-20)16-27(37-31(40)22-6-3-2-4-7-22)32(41)36-24-8-5-9-25(18-24)43-29-19-30(39)38(33(29)42)28-15-14-23(34)17-26(28)35/h2-18,29H,19H2,1H3,(H,36,41)(H,37,40)/b27-16-/t29-/m1/s1. The van der Waals surface area contributed by atoms with Crippen molar-refractivity contribution in [1.82, 2.24) is 5.32 Å². The molecule has 1 saturated heterocycles. The van der Waals surface area contributed by atoms with E-state index < -0.39 is 17.1 Å². The Labute approximate surface area is 262 Å². The SMILES string of the molecule is Cc1ccc(/C=C(\NC(=O)c2ccccc2)C(=O)Nc2cccc(S[C@@H]3CC(=O)N(c4ccc(Cl)cc4Cl)C3=O)c2)cc1. The van der Waals surface area contributed by atoms with E-state index in [-0.39, 0.29) is 34.6 Å². The van der Waals surface area contributed by atoms with Gasteiger partial charge in [0.15, 0.2) is 0 Å². The molecule has 4 amide bonds. The lowest BCUT2D eigenvalue weighted by atomic mass is 10.1. The van der Waals surface area contributed by atoms with Crippen LogP contribution in [-0.4, -0.2) is 28.9 Å². The van der Waals surface area contributed by atoms with Crippen LogP contribution in [0.1, 0.15) is 27.9 Å². The van der Waals surface area contributed by atoms with Gasteiger partial charge in [0, 0.05) is 27.6 Å². The van der Waals surface area contributed by atoms with Crippen LogP contribution in [0.5, 0.6) is 0 Å². The Hall–Kier alpha value is -4.37. The smallest absolute Gasteiger partial charge is 0.272 e. The predicted octanol–water partition coefficient (Wildman–Crippen LogP) is 7.14. The van der Waals surface area contributed by atoms with Crippen LogP contribution < -0.4 is 15.5 Å². The van der Waals surface area contributed by atoms with Crippen LogP contribution in [0.25, 0.3) is 6.08 Å². The number of aryl methyl sites for hydroxylation is 1. The fourth-order valence-electron chi connectivity index (χ4n) is 4.39. The number of benzene rings is 4. The summed E-state index contributed by atoms with van der Waals surface area (Å²) in [6, 6.07) is 27.7. The number of carbonyl (C=O) groups is 4. The first kappa shape index (κ1) is 30.1. The number of hydrogen-bond donors (Lipinski definition) is 2. The average molecular weight is 631 g/mol. The van der Waals surface area contributed by atoms with Crippen molar-refractivity contribution in [2.75, 3.05) is 10.2 Å². The Kier molecular flexibility index (Phi) is 9.31. The van der Waals surface area contributed by atoms with Crippen molar-refractivity contribution in [2.24, 2.45) is 0 Å². The van der Waals surface area contributed by atoms with Gasteiger partial charge in [0.2, 0.25) is 11.8 Å². The largest absolute Gasteiger partial charge is 0.321 e. The first-order valence-corrected chi connectivity index (χ1v) is 14.9. The van der Waals surface area contributed by atoms with Crippen molar-refractivity contribution in [3.63, 3.8) is 0 Å². The molecule has 1 aliphatic heterocycles. The molecule has 0 spiro atoms. The maximum Gasteiger partial charge on any atom is 0.272 e. The third-order valence-electron chi connectivity index (χ3n) is 6.54. The first-order chi connectivity index (χ1) is 20.7. The molecule has 0 bridgehead atoms. The average Bonchev–Trinajstić information content (AvgIpc) is 3.26. The lowest BCUT2D eigenvalue weighted by molar-refractivity contribution is -0.121. The van der Waals surface area contributed by atoms with Crippen molar-refractivity contribution in [3.05, 3.63) is 129 Å². The summed E-state index contributed by atoms with van der Waals surface area (Å²) in [6.07, 6.45) is 1.60. The molecule has 0 aliphatic carbocycles. The van der Waals surface area contributed by atoms with Crippen molar-refractivity contribution in [3.8, 4) is 0 Å². The van der Waals surface area contributed by atoms with Crippen molar-refractivity contribution < 1.29 is 19.2 Å². The van der Waals surface area contributed by atoms with E-state index in [1.165, 1.54) is 17.8 Å². The highest BCUT2D eigenvalue weighted by Crippen LogP contribution is 2.38. The zero-order valence-electron chi connectivity index (χ0n) is 22.8. The molecule has 7 nitrogen and oxygen atoms in total.